The normalized spacial score (nSPS) is 17.3. The standard InChI is InChI=1S/C40H25NO2/c1-2-8-29(9-3-1)41(31-21-23-38-35(25-31)32-10-4-6-12-36(32)42-38)30-19-16-26(17-20-30)28-15-14-27-18-22-39-40(34(27)24-28)33-11-5-7-13-37(33)43-39/h1-25H/i1D,2D,3D,4D,5D,6D,8D,9D,10D,11D,12D,18D,21D,22D,23D,24D,25D. The van der Waals surface area contributed by atoms with E-state index in [1.807, 2.05) is 0 Å². The average molecular weight is 569 g/mol. The highest BCUT2D eigenvalue weighted by Crippen LogP contribution is 2.40. The molecular weight excluding hydrogens is 526 g/mol. The van der Waals surface area contributed by atoms with E-state index >= 15 is 0 Å². The van der Waals surface area contributed by atoms with Gasteiger partial charge >= 0.3 is 0 Å². The Balaban J connectivity index is 1.32. The largest absolute Gasteiger partial charge is 0.456 e. The predicted octanol–water partition coefficient (Wildman–Crippen LogP) is 11.8. The Morgan fingerprint density at radius 3 is 2.09 bits per heavy atom. The first-order valence-corrected chi connectivity index (χ1v) is 13.1. The Morgan fingerprint density at radius 1 is 0.442 bits per heavy atom. The molecular formula is C40H25NO2. The SMILES string of the molecule is [2H]c1ccc2oc3c([2H])c([2H])c4ccc(-c5ccc(N(c6c([2H])c([2H])c([2H])c([2H])c6[2H])c6c([2H])c([2H])c7oc8c([2H])c([2H])c([2H])c([2H])c8c7c6[2H])cc5)c([2H])c4c3c2c1[2H]. The molecule has 3 heteroatoms. The van der Waals surface area contributed by atoms with Gasteiger partial charge in [-0.2, -0.15) is 0 Å². The van der Waals surface area contributed by atoms with Crippen LogP contribution in [0.25, 0.3) is 65.8 Å². The molecule has 0 radical (unpaired) electrons. The number of para-hydroxylation sites is 3. The molecule has 2 aromatic heterocycles. The van der Waals surface area contributed by atoms with E-state index in [0.717, 1.165) is 4.90 Å². The van der Waals surface area contributed by atoms with Crippen LogP contribution in [0.15, 0.2) is 160 Å². The number of anilines is 3. The van der Waals surface area contributed by atoms with Gasteiger partial charge in [-0.05, 0) is 88.4 Å². The lowest BCUT2D eigenvalue weighted by Crippen LogP contribution is -2.09. The Labute approximate surface area is 271 Å². The Hall–Kier alpha value is -5.80. The van der Waals surface area contributed by atoms with Gasteiger partial charge in [0.25, 0.3) is 0 Å². The zero-order valence-corrected chi connectivity index (χ0v) is 21.9. The quantitative estimate of drug-likeness (QED) is 0.211. The molecule has 0 atom stereocenters. The molecule has 9 rings (SSSR count). The van der Waals surface area contributed by atoms with Crippen LogP contribution in [0.5, 0.6) is 0 Å². The third-order valence-electron chi connectivity index (χ3n) is 7.20. The average Bonchev–Trinajstić information content (AvgIpc) is 3.84. The highest BCUT2D eigenvalue weighted by Gasteiger charge is 2.16. The fraction of sp³-hybridized carbons (Fsp3) is 0. The molecule has 3 nitrogen and oxygen atoms in total. The molecule has 0 bridgehead atoms. The van der Waals surface area contributed by atoms with Gasteiger partial charge in [0, 0.05) is 38.6 Å². The molecule has 0 unspecified atom stereocenters. The minimum absolute atomic E-state index is 0.0130. The van der Waals surface area contributed by atoms with E-state index in [4.69, 9.17) is 29.4 Å². The summed E-state index contributed by atoms with van der Waals surface area (Å²) in [6, 6.07) is 3.29. The molecule has 0 aliphatic rings. The van der Waals surface area contributed by atoms with E-state index in [1.54, 1.807) is 12.1 Å². The van der Waals surface area contributed by atoms with Crippen molar-refractivity contribution in [1.82, 2.24) is 0 Å². The summed E-state index contributed by atoms with van der Waals surface area (Å²) in [5.41, 5.74) is -0.703. The van der Waals surface area contributed by atoms with Crippen LogP contribution in [0.4, 0.5) is 17.1 Å². The van der Waals surface area contributed by atoms with Crippen LogP contribution in [-0.2, 0) is 0 Å². The topological polar surface area (TPSA) is 29.5 Å². The number of furan rings is 2. The second-order valence-corrected chi connectivity index (χ2v) is 9.65. The molecule has 0 fully saturated rings. The van der Waals surface area contributed by atoms with Crippen LogP contribution in [0.2, 0.25) is 0 Å². The molecule has 0 saturated carbocycles. The maximum Gasteiger partial charge on any atom is 0.136 e. The van der Waals surface area contributed by atoms with E-state index in [-0.39, 0.29) is 90.5 Å². The first kappa shape index (κ1) is 12.6. The molecule has 0 N–H and O–H groups in total. The highest BCUT2D eigenvalue weighted by atomic mass is 16.3. The summed E-state index contributed by atoms with van der Waals surface area (Å²) < 4.78 is 159. The van der Waals surface area contributed by atoms with Gasteiger partial charge in [-0.25, -0.2) is 0 Å². The first-order valence-electron chi connectivity index (χ1n) is 21.6. The molecule has 0 aliphatic heterocycles. The van der Waals surface area contributed by atoms with Gasteiger partial charge in [-0.15, -0.1) is 0 Å². The van der Waals surface area contributed by atoms with Crippen molar-refractivity contribution in [3.63, 3.8) is 0 Å². The van der Waals surface area contributed by atoms with Crippen molar-refractivity contribution in [3.8, 4) is 11.1 Å². The van der Waals surface area contributed by atoms with Crippen LogP contribution in [0.3, 0.4) is 0 Å². The number of rotatable bonds is 4. The lowest BCUT2D eigenvalue weighted by Gasteiger charge is -2.25. The second kappa shape index (κ2) is 9.37. The van der Waals surface area contributed by atoms with Crippen LogP contribution in [0, 0.1) is 0 Å². The van der Waals surface area contributed by atoms with Crippen molar-refractivity contribution < 1.29 is 32.1 Å². The molecule has 0 spiro atoms. The van der Waals surface area contributed by atoms with Crippen LogP contribution < -0.4 is 4.90 Å². The Bertz CT molecular complexity index is 3380. The summed E-state index contributed by atoms with van der Waals surface area (Å²) in [6.07, 6.45) is 0. The number of benzene rings is 7. The summed E-state index contributed by atoms with van der Waals surface area (Å²) in [5.74, 6) is 0. The van der Waals surface area contributed by atoms with Crippen LogP contribution >= 0.6 is 0 Å². The second-order valence-electron chi connectivity index (χ2n) is 9.65. The number of fused-ring (bicyclic) bond motifs is 8. The third-order valence-corrected chi connectivity index (χ3v) is 7.20. The summed E-state index contributed by atoms with van der Waals surface area (Å²) in [4.78, 5) is 1.05. The van der Waals surface area contributed by atoms with E-state index in [0.29, 0.717) is 11.1 Å². The molecule has 2 heterocycles. The highest BCUT2D eigenvalue weighted by molar-refractivity contribution is 6.19. The van der Waals surface area contributed by atoms with Crippen molar-refractivity contribution in [2.24, 2.45) is 0 Å². The molecule has 7 aromatic carbocycles. The summed E-state index contributed by atoms with van der Waals surface area (Å²) in [7, 11) is 0. The predicted molar refractivity (Wildman–Crippen MR) is 179 cm³/mol. The third kappa shape index (κ3) is 3.83. The van der Waals surface area contributed by atoms with E-state index < -0.39 is 83.9 Å². The van der Waals surface area contributed by atoms with Gasteiger partial charge in [0.2, 0.25) is 0 Å². The zero-order chi connectivity index (χ0) is 43.1. The van der Waals surface area contributed by atoms with E-state index in [2.05, 4.69) is 0 Å². The van der Waals surface area contributed by atoms with Gasteiger partial charge < -0.3 is 13.7 Å². The molecule has 0 aliphatic carbocycles. The van der Waals surface area contributed by atoms with Crippen molar-refractivity contribution in [2.45, 2.75) is 0 Å². The van der Waals surface area contributed by atoms with Gasteiger partial charge in [-0.3, -0.25) is 0 Å². The Kier molecular flexibility index (Phi) is 2.74. The molecule has 43 heavy (non-hydrogen) atoms. The lowest BCUT2D eigenvalue weighted by atomic mass is 9.98. The van der Waals surface area contributed by atoms with E-state index in [9.17, 15) is 2.74 Å². The smallest absolute Gasteiger partial charge is 0.136 e. The number of hydrogen-bond acceptors (Lipinski definition) is 3. The Morgan fingerprint density at radius 2 is 1.19 bits per heavy atom. The van der Waals surface area contributed by atoms with Gasteiger partial charge in [0.1, 0.15) is 22.3 Å². The maximum atomic E-state index is 9.44. The van der Waals surface area contributed by atoms with E-state index in [1.165, 1.54) is 36.4 Å². The van der Waals surface area contributed by atoms with Crippen molar-refractivity contribution >= 4 is 71.7 Å². The summed E-state index contributed by atoms with van der Waals surface area (Å²) in [6.45, 7) is 0. The number of nitrogens with zero attached hydrogens (tertiary/aromatic N) is 1. The molecule has 0 saturated heterocycles. The lowest BCUT2D eigenvalue weighted by molar-refractivity contribution is 0.668. The van der Waals surface area contributed by atoms with Crippen molar-refractivity contribution in [1.29, 1.82) is 0 Å². The van der Waals surface area contributed by atoms with Crippen LogP contribution in [-0.4, -0.2) is 0 Å². The molecule has 0 amide bonds. The van der Waals surface area contributed by atoms with Crippen molar-refractivity contribution in [3.05, 3.63) is 151 Å². The maximum absolute atomic E-state index is 9.44. The minimum Gasteiger partial charge on any atom is -0.456 e. The minimum atomic E-state index is -0.730. The van der Waals surface area contributed by atoms with Crippen LogP contribution in [0.1, 0.15) is 23.3 Å². The monoisotopic (exact) mass is 568 g/mol. The summed E-state index contributed by atoms with van der Waals surface area (Å²) >= 11 is 0. The summed E-state index contributed by atoms with van der Waals surface area (Å²) in [5, 5.41) is 0.414. The fourth-order valence-electron chi connectivity index (χ4n) is 5.26. The first-order chi connectivity index (χ1) is 28.4. The molecule has 202 valence electrons. The zero-order valence-electron chi connectivity index (χ0n) is 38.9. The number of hydrogen-bond donors (Lipinski definition) is 0. The van der Waals surface area contributed by atoms with Gasteiger partial charge in [0.15, 0.2) is 0 Å². The van der Waals surface area contributed by atoms with Gasteiger partial charge in [0.05, 0.1) is 23.3 Å². The van der Waals surface area contributed by atoms with Crippen molar-refractivity contribution in [2.75, 3.05) is 4.90 Å². The fourth-order valence-corrected chi connectivity index (χ4v) is 5.26. The molecule has 9 aromatic rings. The van der Waals surface area contributed by atoms with Gasteiger partial charge in [-0.1, -0.05) is 84.7 Å².